The van der Waals surface area contributed by atoms with Crippen molar-refractivity contribution in [2.75, 3.05) is 12.8 Å². The summed E-state index contributed by atoms with van der Waals surface area (Å²) in [6, 6.07) is 5.97. The molecule has 0 bridgehead atoms. The highest BCUT2D eigenvalue weighted by Gasteiger charge is 2.21. The minimum Gasteiger partial charge on any atom is -0.410 e. The standard InChI is InChI=1S/C19H20ClN3O2S3/c1-11-3-5-14-12(7-11)8-15(28-14)18-21-22-19(25-18)26-10-17(24)23(2)9-13-4-6-16(20)27-13/h4,6,8,11H,3,5,7,9-10H2,1-2H3. The fourth-order valence-corrected chi connectivity index (χ4v) is 6.15. The van der Waals surface area contributed by atoms with Gasteiger partial charge in [-0.1, -0.05) is 30.3 Å². The lowest BCUT2D eigenvalue weighted by molar-refractivity contribution is -0.127. The van der Waals surface area contributed by atoms with E-state index in [1.165, 1.54) is 40.0 Å². The van der Waals surface area contributed by atoms with Crippen LogP contribution < -0.4 is 0 Å². The normalized spacial score (nSPS) is 16.2. The molecule has 0 fully saturated rings. The molecule has 28 heavy (non-hydrogen) atoms. The number of halogens is 1. The Morgan fingerprint density at radius 2 is 2.25 bits per heavy atom. The molecule has 1 amide bonds. The summed E-state index contributed by atoms with van der Waals surface area (Å²) in [5.74, 6) is 1.55. The van der Waals surface area contributed by atoms with Gasteiger partial charge in [0.1, 0.15) is 0 Å². The van der Waals surface area contributed by atoms with E-state index in [1.807, 2.05) is 12.1 Å². The lowest BCUT2D eigenvalue weighted by atomic mass is 9.90. The predicted octanol–water partition coefficient (Wildman–Crippen LogP) is 5.39. The summed E-state index contributed by atoms with van der Waals surface area (Å²) < 4.78 is 6.52. The van der Waals surface area contributed by atoms with Crippen molar-refractivity contribution < 1.29 is 9.21 Å². The summed E-state index contributed by atoms with van der Waals surface area (Å²) in [4.78, 5) is 17.6. The molecule has 0 radical (unpaired) electrons. The first-order valence-electron chi connectivity index (χ1n) is 9.04. The molecule has 0 spiro atoms. The SMILES string of the molecule is CC1CCc2sc(-c3nnc(SCC(=O)N(C)Cc4ccc(Cl)s4)o3)cc2C1. The predicted molar refractivity (Wildman–Crippen MR) is 115 cm³/mol. The quantitative estimate of drug-likeness (QED) is 0.468. The molecule has 1 unspecified atom stereocenters. The van der Waals surface area contributed by atoms with Crippen molar-refractivity contribution in [1.29, 1.82) is 0 Å². The first-order chi connectivity index (χ1) is 13.5. The Hall–Kier alpha value is -1.35. The van der Waals surface area contributed by atoms with Crippen LogP contribution in [0.2, 0.25) is 4.34 Å². The second kappa shape index (κ2) is 8.57. The molecule has 148 valence electrons. The van der Waals surface area contributed by atoms with E-state index in [1.54, 1.807) is 23.3 Å². The van der Waals surface area contributed by atoms with Crippen LogP contribution in [0.3, 0.4) is 0 Å². The van der Waals surface area contributed by atoms with Gasteiger partial charge in [0.2, 0.25) is 5.91 Å². The number of carbonyl (C=O) groups excluding carboxylic acids is 1. The third-order valence-electron chi connectivity index (χ3n) is 4.71. The van der Waals surface area contributed by atoms with Crippen molar-refractivity contribution >= 4 is 51.9 Å². The zero-order chi connectivity index (χ0) is 19.7. The van der Waals surface area contributed by atoms with Crippen molar-refractivity contribution in [3.05, 3.63) is 37.9 Å². The van der Waals surface area contributed by atoms with Crippen LogP contribution >= 0.6 is 46.0 Å². The number of rotatable bonds is 6. The fourth-order valence-electron chi connectivity index (χ4n) is 3.17. The van der Waals surface area contributed by atoms with E-state index in [4.69, 9.17) is 16.0 Å². The first-order valence-corrected chi connectivity index (χ1v) is 12.0. The van der Waals surface area contributed by atoms with Gasteiger partial charge in [-0.05, 0) is 48.9 Å². The van der Waals surface area contributed by atoms with Gasteiger partial charge in [-0.15, -0.1) is 32.9 Å². The van der Waals surface area contributed by atoms with Gasteiger partial charge in [-0.25, -0.2) is 0 Å². The van der Waals surface area contributed by atoms with E-state index in [0.29, 0.717) is 17.7 Å². The highest BCUT2D eigenvalue weighted by atomic mass is 35.5. The second-order valence-electron chi connectivity index (χ2n) is 7.02. The molecule has 1 aliphatic carbocycles. The lowest BCUT2D eigenvalue weighted by Gasteiger charge is -2.16. The summed E-state index contributed by atoms with van der Waals surface area (Å²) >= 11 is 10.4. The van der Waals surface area contributed by atoms with Gasteiger partial charge in [0.25, 0.3) is 11.1 Å². The molecule has 4 rings (SSSR count). The number of thiophene rings is 2. The van der Waals surface area contributed by atoms with E-state index in [-0.39, 0.29) is 11.7 Å². The van der Waals surface area contributed by atoms with Crippen LogP contribution in [0.5, 0.6) is 0 Å². The highest BCUT2D eigenvalue weighted by molar-refractivity contribution is 7.99. The van der Waals surface area contributed by atoms with E-state index in [2.05, 4.69) is 23.2 Å². The van der Waals surface area contributed by atoms with E-state index in [0.717, 1.165) is 32.9 Å². The molecule has 0 aliphatic heterocycles. The smallest absolute Gasteiger partial charge is 0.277 e. The Balaban J connectivity index is 1.34. The van der Waals surface area contributed by atoms with Crippen molar-refractivity contribution in [2.24, 2.45) is 5.92 Å². The van der Waals surface area contributed by atoms with Gasteiger partial charge in [0.15, 0.2) is 0 Å². The molecular weight excluding hydrogens is 434 g/mol. The summed E-state index contributed by atoms with van der Waals surface area (Å²) in [5, 5.41) is 8.70. The maximum Gasteiger partial charge on any atom is 0.277 e. The number of thioether (sulfide) groups is 1. The largest absolute Gasteiger partial charge is 0.410 e. The molecule has 1 aliphatic rings. The first kappa shape index (κ1) is 19.9. The minimum absolute atomic E-state index is 0.00912. The topological polar surface area (TPSA) is 59.2 Å². The summed E-state index contributed by atoms with van der Waals surface area (Å²) in [5.41, 5.74) is 1.41. The Morgan fingerprint density at radius 3 is 3.04 bits per heavy atom. The number of hydrogen-bond acceptors (Lipinski definition) is 7. The number of aryl methyl sites for hydroxylation is 1. The van der Waals surface area contributed by atoms with Gasteiger partial charge in [-0.3, -0.25) is 4.79 Å². The molecule has 3 heterocycles. The maximum absolute atomic E-state index is 12.4. The van der Waals surface area contributed by atoms with Gasteiger partial charge in [0, 0.05) is 16.8 Å². The summed E-state index contributed by atoms with van der Waals surface area (Å²) in [6.45, 7) is 2.84. The monoisotopic (exact) mass is 453 g/mol. The van der Waals surface area contributed by atoms with Crippen LogP contribution in [0.25, 0.3) is 10.8 Å². The van der Waals surface area contributed by atoms with Crippen LogP contribution in [0.1, 0.15) is 28.7 Å². The number of fused-ring (bicyclic) bond motifs is 1. The third-order valence-corrected chi connectivity index (χ3v) is 7.96. The Morgan fingerprint density at radius 1 is 1.39 bits per heavy atom. The van der Waals surface area contributed by atoms with Crippen molar-refractivity contribution in [2.45, 2.75) is 38.0 Å². The molecule has 0 aromatic carbocycles. The van der Waals surface area contributed by atoms with Gasteiger partial charge in [-0.2, -0.15) is 0 Å². The number of aromatic nitrogens is 2. The fraction of sp³-hybridized carbons (Fsp3) is 0.421. The lowest BCUT2D eigenvalue weighted by Crippen LogP contribution is -2.27. The molecule has 3 aromatic heterocycles. The van der Waals surface area contributed by atoms with Crippen LogP contribution in [-0.2, 0) is 24.2 Å². The van der Waals surface area contributed by atoms with Crippen molar-refractivity contribution in [3.8, 4) is 10.8 Å². The number of hydrogen-bond donors (Lipinski definition) is 0. The Bertz CT molecular complexity index is 981. The van der Waals surface area contributed by atoms with E-state index < -0.39 is 0 Å². The molecule has 9 heteroatoms. The average molecular weight is 454 g/mol. The van der Waals surface area contributed by atoms with Gasteiger partial charge in [0.05, 0.1) is 21.5 Å². The summed E-state index contributed by atoms with van der Waals surface area (Å²) in [7, 11) is 1.78. The van der Waals surface area contributed by atoms with Gasteiger partial charge < -0.3 is 9.32 Å². The number of nitrogens with zero attached hydrogens (tertiary/aromatic N) is 3. The zero-order valence-corrected chi connectivity index (χ0v) is 18.8. The zero-order valence-electron chi connectivity index (χ0n) is 15.6. The van der Waals surface area contributed by atoms with Crippen molar-refractivity contribution in [1.82, 2.24) is 15.1 Å². The molecule has 0 saturated carbocycles. The average Bonchev–Trinajstić information content (AvgIpc) is 3.38. The minimum atomic E-state index is 0.00912. The molecule has 5 nitrogen and oxygen atoms in total. The van der Waals surface area contributed by atoms with E-state index in [9.17, 15) is 4.79 Å². The van der Waals surface area contributed by atoms with Crippen LogP contribution in [-0.4, -0.2) is 33.8 Å². The molecule has 0 saturated heterocycles. The van der Waals surface area contributed by atoms with Crippen LogP contribution in [0, 0.1) is 5.92 Å². The van der Waals surface area contributed by atoms with Crippen LogP contribution in [0.4, 0.5) is 0 Å². The van der Waals surface area contributed by atoms with E-state index >= 15 is 0 Å². The number of amides is 1. The Labute approximate surface area is 181 Å². The molecular formula is C19H20ClN3O2S3. The van der Waals surface area contributed by atoms with Crippen LogP contribution in [0.15, 0.2) is 27.8 Å². The maximum atomic E-state index is 12.4. The Kier molecular flexibility index (Phi) is 6.10. The molecule has 3 aromatic rings. The second-order valence-corrected chi connectivity index (χ2v) is 10.9. The molecule has 1 atom stereocenters. The number of carbonyl (C=O) groups is 1. The summed E-state index contributed by atoms with van der Waals surface area (Å²) in [6.07, 6.45) is 3.50. The highest BCUT2D eigenvalue weighted by Crippen LogP contribution is 2.37. The van der Waals surface area contributed by atoms with Gasteiger partial charge >= 0.3 is 0 Å². The third kappa shape index (κ3) is 4.62. The molecule has 0 N–H and O–H groups in total. The van der Waals surface area contributed by atoms with Crippen molar-refractivity contribution in [3.63, 3.8) is 0 Å².